The molecule has 11 heteroatoms. The van der Waals surface area contributed by atoms with Gasteiger partial charge in [0.2, 0.25) is 5.78 Å². The summed E-state index contributed by atoms with van der Waals surface area (Å²) in [6, 6.07) is 2.51. The average Bonchev–Trinajstić information content (AvgIpc) is 3.15. The number of Topliss-reactive ketones (excluding diaryl/α,β-unsaturated/α-hetero) is 1. The van der Waals surface area contributed by atoms with E-state index in [1.165, 1.54) is 12.1 Å². The molecule has 0 aliphatic carbocycles. The highest BCUT2D eigenvalue weighted by molar-refractivity contribution is 6.43. The fraction of sp³-hybridized carbons (Fsp3) is 0.286. The molecular weight excluding hydrogens is 463 g/mol. The van der Waals surface area contributed by atoms with Crippen molar-refractivity contribution in [1.82, 2.24) is 9.88 Å². The summed E-state index contributed by atoms with van der Waals surface area (Å²) in [6.07, 6.45) is 0. The molecule has 0 unspecified atom stereocenters. The van der Waals surface area contributed by atoms with E-state index in [0.29, 0.717) is 16.2 Å². The zero-order chi connectivity index (χ0) is 23.7. The Labute approximate surface area is 192 Å². The average molecular weight is 481 g/mol. The summed E-state index contributed by atoms with van der Waals surface area (Å²) < 4.78 is 9.93. The van der Waals surface area contributed by atoms with Crippen molar-refractivity contribution >= 4 is 52.7 Å². The number of nitrogens with one attached hydrogen (secondary N) is 1. The van der Waals surface area contributed by atoms with Crippen LogP contribution in [0.25, 0.3) is 0 Å². The standard InChI is InChI=1S/C21H18Cl2N2O7/c1-4-31-21(30)17-9(2)18(24-10(17)3)15(26)8-32-16(27)7-25-19(28)11-5-13(22)14(23)6-12(11)20(25)29/h5-6,24H,4,7-8H2,1-3H3. The summed E-state index contributed by atoms with van der Waals surface area (Å²) >= 11 is 11.8. The molecule has 0 atom stereocenters. The number of aromatic amines is 1. The van der Waals surface area contributed by atoms with Crippen molar-refractivity contribution in [3.63, 3.8) is 0 Å². The van der Waals surface area contributed by atoms with E-state index in [9.17, 15) is 24.0 Å². The largest absolute Gasteiger partial charge is 0.462 e. The first-order chi connectivity index (χ1) is 15.1. The Hall–Kier alpha value is -3.17. The molecule has 1 aliphatic heterocycles. The summed E-state index contributed by atoms with van der Waals surface area (Å²) in [5.41, 5.74) is 1.21. The number of H-pyrrole nitrogens is 1. The number of aryl methyl sites for hydroxylation is 1. The van der Waals surface area contributed by atoms with E-state index < -0.39 is 42.7 Å². The zero-order valence-electron chi connectivity index (χ0n) is 17.3. The molecule has 2 amide bonds. The second-order valence-electron chi connectivity index (χ2n) is 6.94. The van der Waals surface area contributed by atoms with Crippen molar-refractivity contribution in [2.24, 2.45) is 0 Å². The molecule has 32 heavy (non-hydrogen) atoms. The molecule has 1 aromatic carbocycles. The minimum Gasteiger partial charge on any atom is -0.462 e. The van der Waals surface area contributed by atoms with Crippen molar-refractivity contribution in [2.45, 2.75) is 20.8 Å². The number of benzene rings is 1. The second kappa shape index (κ2) is 9.13. The molecule has 1 N–H and O–H groups in total. The lowest BCUT2D eigenvalue weighted by atomic mass is 10.1. The Bertz CT molecular complexity index is 1130. The molecule has 0 bridgehead atoms. The van der Waals surface area contributed by atoms with Gasteiger partial charge in [-0.2, -0.15) is 0 Å². The third-order valence-corrected chi connectivity index (χ3v) is 5.58. The Morgan fingerprint density at radius 2 is 1.56 bits per heavy atom. The predicted molar refractivity (Wildman–Crippen MR) is 113 cm³/mol. The van der Waals surface area contributed by atoms with E-state index in [0.717, 1.165) is 0 Å². The zero-order valence-corrected chi connectivity index (χ0v) is 18.8. The minimum absolute atomic E-state index is 0.0252. The van der Waals surface area contributed by atoms with Gasteiger partial charge < -0.3 is 14.5 Å². The molecule has 1 aromatic heterocycles. The van der Waals surface area contributed by atoms with Crippen LogP contribution in [0.1, 0.15) is 59.7 Å². The molecular formula is C21H18Cl2N2O7. The van der Waals surface area contributed by atoms with Crippen LogP contribution in [0.4, 0.5) is 0 Å². The molecule has 3 rings (SSSR count). The lowest BCUT2D eigenvalue weighted by molar-refractivity contribution is -0.142. The van der Waals surface area contributed by atoms with Gasteiger partial charge in [0.25, 0.3) is 11.8 Å². The van der Waals surface area contributed by atoms with E-state index >= 15 is 0 Å². The molecule has 0 saturated carbocycles. The second-order valence-corrected chi connectivity index (χ2v) is 7.75. The number of imide groups is 1. The van der Waals surface area contributed by atoms with Crippen LogP contribution in [0.5, 0.6) is 0 Å². The Morgan fingerprint density at radius 1 is 1.00 bits per heavy atom. The van der Waals surface area contributed by atoms with Gasteiger partial charge in [0.15, 0.2) is 6.61 Å². The smallest absolute Gasteiger partial charge is 0.340 e. The van der Waals surface area contributed by atoms with Gasteiger partial charge in [0, 0.05) is 5.69 Å². The normalized spacial score (nSPS) is 12.7. The number of carbonyl (C=O) groups is 5. The number of halogens is 2. The lowest BCUT2D eigenvalue weighted by Gasteiger charge is -2.12. The number of rotatable bonds is 7. The van der Waals surface area contributed by atoms with Gasteiger partial charge in [0.1, 0.15) is 6.54 Å². The molecule has 2 aromatic rings. The molecule has 2 heterocycles. The van der Waals surface area contributed by atoms with Crippen molar-refractivity contribution in [3.05, 3.63) is 55.8 Å². The first-order valence-electron chi connectivity index (χ1n) is 9.47. The van der Waals surface area contributed by atoms with Gasteiger partial charge in [-0.15, -0.1) is 0 Å². The number of ether oxygens (including phenoxy) is 2. The topological polar surface area (TPSA) is 123 Å². The number of carbonyl (C=O) groups excluding carboxylic acids is 5. The van der Waals surface area contributed by atoms with Crippen molar-refractivity contribution in [2.75, 3.05) is 19.8 Å². The fourth-order valence-electron chi connectivity index (χ4n) is 3.36. The van der Waals surface area contributed by atoms with Gasteiger partial charge >= 0.3 is 11.9 Å². The van der Waals surface area contributed by atoms with Crippen LogP contribution in [0.3, 0.4) is 0 Å². The molecule has 168 valence electrons. The van der Waals surface area contributed by atoms with Gasteiger partial charge in [-0.05, 0) is 38.5 Å². The molecule has 0 saturated heterocycles. The number of ketones is 1. The molecule has 0 spiro atoms. The third-order valence-electron chi connectivity index (χ3n) is 4.86. The quantitative estimate of drug-likeness (QED) is 0.366. The SMILES string of the molecule is CCOC(=O)c1c(C)[nH]c(C(=O)COC(=O)CN2C(=O)c3cc(Cl)c(Cl)cc3C2=O)c1C. The molecule has 9 nitrogen and oxygen atoms in total. The first kappa shape index (κ1) is 23.5. The maximum Gasteiger partial charge on any atom is 0.340 e. The Kier molecular flexibility index (Phi) is 6.71. The molecule has 0 radical (unpaired) electrons. The van der Waals surface area contributed by atoms with E-state index in [4.69, 9.17) is 32.7 Å². The van der Waals surface area contributed by atoms with E-state index in [2.05, 4.69) is 4.98 Å². The highest BCUT2D eigenvalue weighted by Crippen LogP contribution is 2.31. The predicted octanol–water partition coefficient (Wildman–Crippen LogP) is 3.14. The van der Waals surface area contributed by atoms with Gasteiger partial charge in [-0.25, -0.2) is 4.79 Å². The van der Waals surface area contributed by atoms with Crippen LogP contribution >= 0.6 is 23.2 Å². The molecule has 1 aliphatic rings. The van der Waals surface area contributed by atoms with Gasteiger partial charge in [-0.1, -0.05) is 23.2 Å². The van der Waals surface area contributed by atoms with E-state index in [-0.39, 0.29) is 39.0 Å². The third kappa shape index (κ3) is 4.26. The summed E-state index contributed by atoms with van der Waals surface area (Å²) in [6.45, 7) is 3.69. The lowest BCUT2D eigenvalue weighted by Crippen LogP contribution is -2.36. The summed E-state index contributed by atoms with van der Waals surface area (Å²) in [5, 5.41) is 0.195. The summed E-state index contributed by atoms with van der Waals surface area (Å²) in [7, 11) is 0. The number of aromatic nitrogens is 1. The maximum absolute atomic E-state index is 12.5. The van der Waals surface area contributed by atoms with Crippen molar-refractivity contribution < 1.29 is 33.4 Å². The van der Waals surface area contributed by atoms with Crippen molar-refractivity contribution in [3.8, 4) is 0 Å². The van der Waals surface area contributed by atoms with Crippen LogP contribution < -0.4 is 0 Å². The Morgan fingerprint density at radius 3 is 2.09 bits per heavy atom. The van der Waals surface area contributed by atoms with Crippen LogP contribution in [-0.4, -0.2) is 59.2 Å². The van der Waals surface area contributed by atoms with E-state index in [1.54, 1.807) is 20.8 Å². The van der Waals surface area contributed by atoms with Gasteiger partial charge in [-0.3, -0.25) is 24.1 Å². The highest BCUT2D eigenvalue weighted by atomic mass is 35.5. The van der Waals surface area contributed by atoms with Crippen molar-refractivity contribution in [1.29, 1.82) is 0 Å². The number of fused-ring (bicyclic) bond motifs is 1. The van der Waals surface area contributed by atoms with Gasteiger partial charge in [0.05, 0.1) is 39.0 Å². The van der Waals surface area contributed by atoms with Crippen LogP contribution in [0.15, 0.2) is 12.1 Å². The number of hydrogen-bond donors (Lipinski definition) is 1. The fourth-order valence-corrected chi connectivity index (χ4v) is 3.69. The number of hydrogen-bond acceptors (Lipinski definition) is 7. The van der Waals surface area contributed by atoms with Crippen LogP contribution in [-0.2, 0) is 14.3 Å². The first-order valence-corrected chi connectivity index (χ1v) is 10.2. The summed E-state index contributed by atoms with van der Waals surface area (Å²) in [5.74, 6) is -3.56. The number of nitrogens with zero attached hydrogens (tertiary/aromatic N) is 1. The monoisotopic (exact) mass is 480 g/mol. The number of esters is 2. The van der Waals surface area contributed by atoms with Crippen LogP contribution in [0, 0.1) is 13.8 Å². The maximum atomic E-state index is 12.5. The van der Waals surface area contributed by atoms with E-state index in [1.807, 2.05) is 0 Å². The summed E-state index contributed by atoms with van der Waals surface area (Å²) in [4.78, 5) is 65.1. The number of amides is 2. The highest BCUT2D eigenvalue weighted by Gasteiger charge is 2.38. The molecule has 0 fully saturated rings. The minimum atomic E-state index is -0.961. The van der Waals surface area contributed by atoms with Crippen LogP contribution in [0.2, 0.25) is 10.0 Å². The Balaban J connectivity index is 1.65.